The first-order chi connectivity index (χ1) is 16.0. The maximum atomic E-state index is 14.0. The van der Waals surface area contributed by atoms with Crippen molar-refractivity contribution in [3.8, 4) is 11.5 Å². The fourth-order valence-corrected chi connectivity index (χ4v) is 3.96. The van der Waals surface area contributed by atoms with Gasteiger partial charge < -0.3 is 29.4 Å². The first kappa shape index (κ1) is 22.1. The molecule has 1 aliphatic heterocycles. The number of aromatic amines is 1. The number of ether oxygens (including phenoxy) is 3. The molecule has 0 bridgehead atoms. The van der Waals surface area contributed by atoms with E-state index in [2.05, 4.69) is 15.3 Å². The van der Waals surface area contributed by atoms with Gasteiger partial charge in [0.25, 0.3) is 0 Å². The van der Waals surface area contributed by atoms with Crippen LogP contribution >= 0.6 is 0 Å². The number of carbonyl (C=O) groups excluding carboxylic acids is 2. The summed E-state index contributed by atoms with van der Waals surface area (Å²) in [6.07, 6.45) is 2.10. The van der Waals surface area contributed by atoms with E-state index in [1.54, 1.807) is 23.4 Å². The maximum Gasteiger partial charge on any atom is 0.340 e. The number of halogens is 1. The Morgan fingerprint density at radius 2 is 1.91 bits per heavy atom. The lowest BCUT2D eigenvalue weighted by Gasteiger charge is -2.35. The van der Waals surface area contributed by atoms with E-state index in [0.717, 1.165) is 5.69 Å². The van der Waals surface area contributed by atoms with Crippen LogP contribution in [-0.2, 0) is 11.2 Å². The van der Waals surface area contributed by atoms with Gasteiger partial charge in [-0.3, -0.25) is 0 Å². The molecule has 0 fully saturated rings. The molecule has 0 spiro atoms. The molecular weight excluding hydrogens is 431 g/mol. The fourth-order valence-electron chi connectivity index (χ4n) is 3.96. The summed E-state index contributed by atoms with van der Waals surface area (Å²) in [4.78, 5) is 34.8. The Kier molecular flexibility index (Phi) is 6.16. The molecule has 3 aromatic rings. The highest BCUT2D eigenvalue weighted by atomic mass is 19.1. The van der Waals surface area contributed by atoms with E-state index >= 15 is 0 Å². The molecule has 2 amide bonds. The topological polar surface area (TPSA) is 106 Å². The van der Waals surface area contributed by atoms with Crippen LogP contribution in [0.5, 0.6) is 11.5 Å². The third-order valence-electron chi connectivity index (χ3n) is 5.52. The molecule has 1 aromatic heterocycles. The van der Waals surface area contributed by atoms with Crippen molar-refractivity contribution in [3.05, 3.63) is 71.1 Å². The number of rotatable bonds is 5. The molecule has 0 aliphatic carbocycles. The van der Waals surface area contributed by atoms with Gasteiger partial charge in [0.05, 0.1) is 44.6 Å². The highest BCUT2D eigenvalue weighted by Gasteiger charge is 2.35. The third-order valence-corrected chi connectivity index (χ3v) is 5.52. The second-order valence-electron chi connectivity index (χ2n) is 7.34. The quantitative estimate of drug-likeness (QED) is 0.572. The first-order valence-corrected chi connectivity index (χ1v) is 10.2. The van der Waals surface area contributed by atoms with E-state index in [0.29, 0.717) is 35.7 Å². The highest BCUT2D eigenvalue weighted by molar-refractivity contribution is 6.02. The van der Waals surface area contributed by atoms with Crippen molar-refractivity contribution in [1.82, 2.24) is 14.9 Å². The van der Waals surface area contributed by atoms with Crippen molar-refractivity contribution >= 4 is 17.7 Å². The molecule has 9 nitrogen and oxygen atoms in total. The largest absolute Gasteiger partial charge is 0.493 e. The molecule has 0 radical (unpaired) electrons. The number of amides is 2. The Hall–Kier alpha value is -4.08. The number of imidazole rings is 1. The molecule has 0 saturated heterocycles. The molecule has 0 unspecified atom stereocenters. The molecule has 1 atom stereocenters. The van der Waals surface area contributed by atoms with Crippen molar-refractivity contribution in [1.29, 1.82) is 0 Å². The Labute approximate surface area is 189 Å². The van der Waals surface area contributed by atoms with Crippen molar-refractivity contribution in [3.63, 3.8) is 0 Å². The molecular formula is C23H23FN4O5. The van der Waals surface area contributed by atoms with Crippen LogP contribution in [0.2, 0.25) is 0 Å². The van der Waals surface area contributed by atoms with Crippen LogP contribution in [0.4, 0.5) is 14.9 Å². The number of nitrogens with one attached hydrogen (secondary N) is 2. The molecule has 0 saturated carbocycles. The van der Waals surface area contributed by atoms with Crippen LogP contribution in [0, 0.1) is 5.82 Å². The molecule has 33 heavy (non-hydrogen) atoms. The summed E-state index contributed by atoms with van der Waals surface area (Å²) in [7, 11) is 4.13. The summed E-state index contributed by atoms with van der Waals surface area (Å²) < 4.78 is 29.4. The van der Waals surface area contributed by atoms with Crippen molar-refractivity contribution in [2.75, 3.05) is 33.2 Å². The van der Waals surface area contributed by atoms with Gasteiger partial charge in [0.15, 0.2) is 11.5 Å². The van der Waals surface area contributed by atoms with Crippen LogP contribution in [0.1, 0.15) is 33.4 Å². The third kappa shape index (κ3) is 4.19. The summed E-state index contributed by atoms with van der Waals surface area (Å²) >= 11 is 0. The molecule has 2 N–H and O–H groups in total. The zero-order valence-electron chi connectivity index (χ0n) is 18.3. The average molecular weight is 454 g/mol. The Balaban J connectivity index is 1.72. The van der Waals surface area contributed by atoms with Gasteiger partial charge in [0.2, 0.25) is 0 Å². The highest BCUT2D eigenvalue weighted by Crippen LogP contribution is 2.36. The standard InChI is InChI=1S/C23H23FN4O5/c1-31-18-10-15(22(29)33-3)17(11-19(18)32-2)27-23(30)28-8-7-16-20(26-12-25-16)21(28)13-5-4-6-14(24)9-13/h4-6,9-12,21H,7-8H2,1-3H3,(H,25,26)(H,27,30)/t21-/m1/s1. The maximum absolute atomic E-state index is 14.0. The van der Waals surface area contributed by atoms with Crippen molar-refractivity contribution in [2.45, 2.75) is 12.5 Å². The van der Waals surface area contributed by atoms with Gasteiger partial charge in [-0.25, -0.2) is 19.0 Å². The van der Waals surface area contributed by atoms with Gasteiger partial charge in [-0.05, 0) is 17.7 Å². The van der Waals surface area contributed by atoms with Crippen LogP contribution in [0.3, 0.4) is 0 Å². The first-order valence-electron chi connectivity index (χ1n) is 10.2. The second kappa shape index (κ2) is 9.19. The Morgan fingerprint density at radius 3 is 2.61 bits per heavy atom. The van der Waals surface area contributed by atoms with E-state index in [1.165, 1.54) is 45.6 Å². The summed E-state index contributed by atoms with van der Waals surface area (Å²) in [5.74, 6) is -0.424. The lowest BCUT2D eigenvalue weighted by Crippen LogP contribution is -2.43. The number of carbonyl (C=O) groups is 2. The van der Waals surface area contributed by atoms with E-state index in [4.69, 9.17) is 14.2 Å². The number of hydrogen-bond acceptors (Lipinski definition) is 6. The number of fused-ring (bicyclic) bond motifs is 1. The number of anilines is 1. The average Bonchev–Trinajstić information content (AvgIpc) is 3.31. The summed E-state index contributed by atoms with van der Waals surface area (Å²) in [5.41, 5.74) is 2.40. The number of benzene rings is 2. The van der Waals surface area contributed by atoms with Gasteiger partial charge in [-0.2, -0.15) is 0 Å². The number of methoxy groups -OCH3 is 3. The van der Waals surface area contributed by atoms with Gasteiger partial charge in [0, 0.05) is 30.8 Å². The zero-order chi connectivity index (χ0) is 23.5. The SMILES string of the molecule is COC(=O)c1cc(OC)c(OC)cc1NC(=O)N1CCc2[nH]cnc2[C@H]1c1cccc(F)c1. The minimum atomic E-state index is -0.652. The van der Waals surface area contributed by atoms with Gasteiger partial charge in [-0.15, -0.1) is 0 Å². The number of nitrogens with zero attached hydrogens (tertiary/aromatic N) is 2. The fraction of sp³-hybridized carbons (Fsp3) is 0.261. The zero-order valence-corrected chi connectivity index (χ0v) is 18.3. The van der Waals surface area contributed by atoms with Gasteiger partial charge in [-0.1, -0.05) is 12.1 Å². The van der Waals surface area contributed by atoms with E-state index in [-0.39, 0.29) is 11.3 Å². The van der Waals surface area contributed by atoms with E-state index < -0.39 is 23.9 Å². The number of aromatic nitrogens is 2. The molecule has 172 valence electrons. The number of hydrogen-bond donors (Lipinski definition) is 2. The number of esters is 1. The lowest BCUT2D eigenvalue weighted by atomic mass is 9.96. The van der Waals surface area contributed by atoms with Crippen LogP contribution in [0.15, 0.2) is 42.7 Å². The predicted octanol–water partition coefficient (Wildman–Crippen LogP) is 3.53. The lowest BCUT2D eigenvalue weighted by molar-refractivity contribution is 0.0601. The smallest absolute Gasteiger partial charge is 0.340 e. The van der Waals surface area contributed by atoms with Crippen LogP contribution in [-0.4, -0.2) is 54.7 Å². The molecule has 4 rings (SSSR count). The monoisotopic (exact) mass is 454 g/mol. The number of H-pyrrole nitrogens is 1. The molecule has 1 aliphatic rings. The van der Waals surface area contributed by atoms with Crippen molar-refractivity contribution in [2.24, 2.45) is 0 Å². The summed E-state index contributed by atoms with van der Waals surface area (Å²) in [6.45, 7) is 0.350. The van der Waals surface area contributed by atoms with Crippen molar-refractivity contribution < 1.29 is 28.2 Å². The normalized spacial score (nSPS) is 14.9. The van der Waals surface area contributed by atoms with E-state index in [1.807, 2.05) is 0 Å². The summed E-state index contributed by atoms with van der Waals surface area (Å²) in [5, 5.41) is 2.78. The second-order valence-corrected chi connectivity index (χ2v) is 7.34. The predicted molar refractivity (Wildman–Crippen MR) is 117 cm³/mol. The molecule has 10 heteroatoms. The van der Waals surface area contributed by atoms with Gasteiger partial charge in [0.1, 0.15) is 11.9 Å². The van der Waals surface area contributed by atoms with Gasteiger partial charge >= 0.3 is 12.0 Å². The Morgan fingerprint density at radius 1 is 1.15 bits per heavy atom. The minimum absolute atomic E-state index is 0.100. The van der Waals surface area contributed by atoms with Crippen LogP contribution in [0.25, 0.3) is 0 Å². The summed E-state index contributed by atoms with van der Waals surface area (Å²) in [6, 6.07) is 7.88. The van der Waals surface area contributed by atoms with Crippen LogP contribution < -0.4 is 14.8 Å². The molecule has 2 heterocycles. The van der Waals surface area contributed by atoms with E-state index in [9.17, 15) is 14.0 Å². The number of urea groups is 1. The Bertz CT molecular complexity index is 1200. The minimum Gasteiger partial charge on any atom is -0.493 e. The molecule has 2 aromatic carbocycles.